The molecule has 0 rings (SSSR count). The minimum absolute atomic E-state index is 0.218. The van der Waals surface area contributed by atoms with Crippen molar-refractivity contribution in [1.29, 1.82) is 0 Å². The highest BCUT2D eigenvalue weighted by atomic mass is 32.2. The Morgan fingerprint density at radius 1 is 0.892 bits per heavy atom. The molecule has 0 saturated heterocycles. The Labute approximate surface area is 227 Å². The molecule has 0 fully saturated rings. The van der Waals surface area contributed by atoms with Crippen LogP contribution in [-0.4, -0.2) is 72.8 Å². The van der Waals surface area contributed by atoms with Gasteiger partial charge in [0.1, 0.15) is 25.0 Å². The van der Waals surface area contributed by atoms with Crippen LogP contribution >= 0.6 is 11.8 Å². The predicted octanol–water partition coefficient (Wildman–Crippen LogP) is 3.90. The molecule has 9 nitrogen and oxygen atoms in total. The fourth-order valence-electron chi connectivity index (χ4n) is 3.79. The molecule has 37 heavy (non-hydrogen) atoms. The molecule has 2 amide bonds. The minimum Gasteiger partial charge on any atom is -0.465 e. The lowest BCUT2D eigenvalue weighted by molar-refractivity contribution is -0.143. The number of methoxy groups -OCH3 is 1. The second kappa shape index (κ2) is 24.7. The average Bonchev–Trinajstić information content (AvgIpc) is 2.88. The molecule has 0 aliphatic carbocycles. The SMILES string of the molecule is CCCCCCCCCCCCCCCC(=O)OCCSC[C@@H](NC(C)=O)C(=O)NC(C=O)[C@@H](O)OC. The first-order valence-corrected chi connectivity index (χ1v) is 15.0. The van der Waals surface area contributed by atoms with Gasteiger partial charge < -0.3 is 30.0 Å². The van der Waals surface area contributed by atoms with Crippen LogP contribution in [-0.2, 0) is 28.7 Å². The zero-order valence-electron chi connectivity index (χ0n) is 23.1. The highest BCUT2D eigenvalue weighted by molar-refractivity contribution is 7.99. The quantitative estimate of drug-likeness (QED) is 0.0680. The van der Waals surface area contributed by atoms with Crippen molar-refractivity contribution >= 4 is 35.8 Å². The first kappa shape index (κ1) is 35.4. The fraction of sp³-hybridized carbons (Fsp3) is 0.852. The summed E-state index contributed by atoms with van der Waals surface area (Å²) >= 11 is 1.34. The number of amides is 2. The molecular formula is C27H50N2O7S. The van der Waals surface area contributed by atoms with E-state index < -0.39 is 30.2 Å². The molecule has 0 aromatic rings. The van der Waals surface area contributed by atoms with Gasteiger partial charge in [0.25, 0.3) is 0 Å². The van der Waals surface area contributed by atoms with Gasteiger partial charge in [0.15, 0.2) is 6.29 Å². The van der Waals surface area contributed by atoms with Crippen LogP contribution in [0.15, 0.2) is 0 Å². The van der Waals surface area contributed by atoms with E-state index in [-0.39, 0.29) is 18.3 Å². The molecule has 0 radical (unpaired) electrons. The summed E-state index contributed by atoms with van der Waals surface area (Å²) in [5, 5.41) is 14.5. The maximum Gasteiger partial charge on any atom is 0.305 e. The molecule has 0 aromatic carbocycles. The number of ether oxygens (including phenoxy) is 2. The van der Waals surface area contributed by atoms with Crippen molar-refractivity contribution in [2.24, 2.45) is 0 Å². The zero-order chi connectivity index (χ0) is 27.7. The van der Waals surface area contributed by atoms with Crippen molar-refractivity contribution in [3.8, 4) is 0 Å². The molecule has 0 aromatic heterocycles. The van der Waals surface area contributed by atoms with Crippen molar-refractivity contribution in [1.82, 2.24) is 10.6 Å². The number of aliphatic hydroxyl groups is 1. The van der Waals surface area contributed by atoms with Gasteiger partial charge in [-0.1, -0.05) is 84.0 Å². The number of aldehydes is 1. The van der Waals surface area contributed by atoms with E-state index in [1.807, 2.05) is 0 Å². The molecule has 0 aliphatic heterocycles. The smallest absolute Gasteiger partial charge is 0.305 e. The van der Waals surface area contributed by atoms with E-state index in [9.17, 15) is 24.3 Å². The molecule has 0 saturated carbocycles. The number of carbonyl (C=O) groups is 4. The third-order valence-electron chi connectivity index (χ3n) is 5.96. The molecule has 0 bridgehead atoms. The van der Waals surface area contributed by atoms with Crippen LogP contribution < -0.4 is 10.6 Å². The van der Waals surface area contributed by atoms with Gasteiger partial charge in [0, 0.05) is 32.0 Å². The first-order valence-electron chi connectivity index (χ1n) is 13.8. The fourth-order valence-corrected chi connectivity index (χ4v) is 4.63. The maximum absolute atomic E-state index is 12.4. The van der Waals surface area contributed by atoms with Crippen LogP contribution in [0.5, 0.6) is 0 Å². The maximum atomic E-state index is 12.4. The van der Waals surface area contributed by atoms with E-state index in [2.05, 4.69) is 22.3 Å². The largest absolute Gasteiger partial charge is 0.465 e. The number of unbranched alkanes of at least 4 members (excludes halogenated alkanes) is 12. The van der Waals surface area contributed by atoms with Gasteiger partial charge in [-0.2, -0.15) is 11.8 Å². The summed E-state index contributed by atoms with van der Waals surface area (Å²) in [6, 6.07) is -2.15. The third kappa shape index (κ3) is 21.0. The van der Waals surface area contributed by atoms with Crippen LogP contribution in [0.1, 0.15) is 104 Å². The monoisotopic (exact) mass is 546 g/mol. The molecule has 1 unspecified atom stereocenters. The topological polar surface area (TPSA) is 131 Å². The summed E-state index contributed by atoms with van der Waals surface area (Å²) < 4.78 is 9.90. The van der Waals surface area contributed by atoms with E-state index >= 15 is 0 Å². The third-order valence-corrected chi connectivity index (χ3v) is 6.98. The Bertz CT molecular complexity index is 622. The Morgan fingerprint density at radius 3 is 1.92 bits per heavy atom. The lowest BCUT2D eigenvalue weighted by Gasteiger charge is -2.22. The van der Waals surface area contributed by atoms with Crippen molar-refractivity contribution in [3.05, 3.63) is 0 Å². The Balaban J connectivity index is 3.86. The van der Waals surface area contributed by atoms with E-state index in [0.717, 1.165) is 19.3 Å². The molecule has 0 spiro atoms. The summed E-state index contributed by atoms with van der Waals surface area (Å²) in [5.74, 6) is -0.556. The predicted molar refractivity (Wildman–Crippen MR) is 147 cm³/mol. The molecule has 10 heteroatoms. The lowest BCUT2D eigenvalue weighted by atomic mass is 10.0. The first-order chi connectivity index (χ1) is 17.8. The van der Waals surface area contributed by atoms with Crippen molar-refractivity contribution in [3.63, 3.8) is 0 Å². The van der Waals surface area contributed by atoms with Crippen molar-refractivity contribution in [2.75, 3.05) is 25.2 Å². The van der Waals surface area contributed by atoms with Gasteiger partial charge in [-0.3, -0.25) is 14.4 Å². The number of hydrogen-bond donors (Lipinski definition) is 3. The second-order valence-electron chi connectivity index (χ2n) is 9.34. The molecule has 0 heterocycles. The van der Waals surface area contributed by atoms with Gasteiger partial charge in [-0.25, -0.2) is 0 Å². The van der Waals surface area contributed by atoms with Gasteiger partial charge >= 0.3 is 5.97 Å². The van der Waals surface area contributed by atoms with Crippen LogP contribution in [0.2, 0.25) is 0 Å². The molecule has 3 N–H and O–H groups in total. The van der Waals surface area contributed by atoms with E-state index in [1.54, 1.807) is 0 Å². The molecular weight excluding hydrogens is 496 g/mol. The van der Waals surface area contributed by atoms with Crippen LogP contribution in [0, 0.1) is 0 Å². The Kier molecular flexibility index (Phi) is 23.6. The standard InChI is InChI=1S/C27H50N2O7S/c1-4-5-6-7-8-9-10-11-12-13-14-15-16-17-25(32)36-18-19-37-21-24(28-22(2)31)26(33)29-23(20-30)27(34)35-3/h20,23-24,27,34H,4-19,21H2,1-3H3,(H,28,31)(H,29,33)/t23?,24-,27+/m1/s1. The van der Waals surface area contributed by atoms with Crippen molar-refractivity contribution < 1.29 is 33.8 Å². The number of thioether (sulfide) groups is 1. The van der Waals surface area contributed by atoms with E-state index in [4.69, 9.17) is 4.74 Å². The number of rotatable bonds is 25. The summed E-state index contributed by atoms with van der Waals surface area (Å²) in [6.45, 7) is 3.75. The average molecular weight is 547 g/mol. The number of carbonyl (C=O) groups excluding carboxylic acids is 4. The zero-order valence-corrected chi connectivity index (χ0v) is 24.0. The molecule has 0 aliphatic rings. The minimum atomic E-state index is -1.48. The summed E-state index contributed by atoms with van der Waals surface area (Å²) in [7, 11) is 1.20. The second-order valence-corrected chi connectivity index (χ2v) is 10.5. The van der Waals surface area contributed by atoms with Crippen LogP contribution in [0.3, 0.4) is 0 Å². The van der Waals surface area contributed by atoms with Crippen LogP contribution in [0.4, 0.5) is 0 Å². The molecule has 3 atom stereocenters. The summed E-state index contributed by atoms with van der Waals surface area (Å²) in [4.78, 5) is 46.8. The summed E-state index contributed by atoms with van der Waals surface area (Å²) in [6.07, 6.45) is 15.6. The molecule has 216 valence electrons. The highest BCUT2D eigenvalue weighted by Gasteiger charge is 2.26. The van der Waals surface area contributed by atoms with Crippen molar-refractivity contribution in [2.45, 2.75) is 122 Å². The lowest BCUT2D eigenvalue weighted by Crippen LogP contribution is -2.54. The highest BCUT2D eigenvalue weighted by Crippen LogP contribution is 2.13. The van der Waals surface area contributed by atoms with Crippen LogP contribution in [0.25, 0.3) is 0 Å². The number of nitrogens with one attached hydrogen (secondary N) is 2. The van der Waals surface area contributed by atoms with Gasteiger partial charge in [0.05, 0.1) is 0 Å². The summed E-state index contributed by atoms with van der Waals surface area (Å²) in [5.41, 5.74) is 0. The van der Waals surface area contributed by atoms with E-state index in [0.29, 0.717) is 18.5 Å². The number of hydrogen-bond acceptors (Lipinski definition) is 8. The Hall–Kier alpha value is -1.65. The number of aliphatic hydroxyl groups excluding tert-OH is 1. The normalized spacial score (nSPS) is 13.4. The van der Waals surface area contributed by atoms with Gasteiger partial charge in [-0.15, -0.1) is 0 Å². The van der Waals surface area contributed by atoms with Gasteiger partial charge in [-0.05, 0) is 6.42 Å². The Morgan fingerprint density at radius 2 is 1.43 bits per heavy atom. The van der Waals surface area contributed by atoms with Gasteiger partial charge in [0.2, 0.25) is 11.8 Å². The van der Waals surface area contributed by atoms with E-state index in [1.165, 1.54) is 90.0 Å². The number of esters is 1.